The largest absolute Gasteiger partial charge is 0.205 e. The third-order valence-electron chi connectivity index (χ3n) is 1.79. The second kappa shape index (κ2) is 6.18. The van der Waals surface area contributed by atoms with Crippen molar-refractivity contribution < 1.29 is 0 Å². The molecule has 0 unspecified atom stereocenters. The summed E-state index contributed by atoms with van der Waals surface area (Å²) in [5.74, 6) is 1.14. The van der Waals surface area contributed by atoms with Gasteiger partial charge in [-0.1, -0.05) is 13.8 Å². The van der Waals surface area contributed by atoms with Crippen LogP contribution in [0.2, 0.25) is 0 Å². The average Bonchev–Trinajstić information content (AvgIpc) is 2.04. The summed E-state index contributed by atoms with van der Waals surface area (Å²) in [6.07, 6.45) is 1.95. The highest BCUT2D eigenvalue weighted by molar-refractivity contribution is 6.19. The van der Waals surface area contributed by atoms with Crippen LogP contribution in [0, 0.1) is 11.4 Å². The molecule has 2 nitrogen and oxygen atoms in total. The Morgan fingerprint density at radius 2 is 2.08 bits per heavy atom. The van der Waals surface area contributed by atoms with Crippen LogP contribution in [0.25, 0.3) is 0 Å². The van der Waals surface area contributed by atoms with E-state index in [0.717, 1.165) is 24.1 Å². The maximum atomic E-state index is 6.95. The van der Waals surface area contributed by atoms with E-state index in [9.17, 15) is 0 Å². The molecule has 12 heavy (non-hydrogen) atoms. The van der Waals surface area contributed by atoms with Gasteiger partial charge in [-0.3, -0.25) is 0 Å². The number of nitrogens with zero attached hydrogens (tertiary/aromatic N) is 1. The zero-order valence-corrected chi connectivity index (χ0v) is 8.78. The monoisotopic (exact) mass is 188 g/mol. The van der Waals surface area contributed by atoms with Gasteiger partial charge in [0.2, 0.25) is 0 Å². The van der Waals surface area contributed by atoms with Gasteiger partial charge in [-0.2, -0.15) is 5.11 Å². The Morgan fingerprint density at radius 3 is 2.42 bits per heavy atom. The van der Waals surface area contributed by atoms with Crippen LogP contribution >= 0.6 is 11.6 Å². The van der Waals surface area contributed by atoms with Crippen molar-refractivity contribution in [3.05, 3.63) is 11.3 Å². The smallest absolute Gasteiger partial charge is 0.0625 e. The maximum Gasteiger partial charge on any atom is 0.0625 e. The van der Waals surface area contributed by atoms with Crippen LogP contribution in [0.3, 0.4) is 0 Å². The number of halogens is 1. The molecule has 0 aliphatic heterocycles. The number of nitrogens with one attached hydrogen (secondary N) is 1. The highest BCUT2D eigenvalue weighted by atomic mass is 35.5. The van der Waals surface area contributed by atoms with Gasteiger partial charge < -0.3 is 0 Å². The van der Waals surface area contributed by atoms with Crippen molar-refractivity contribution >= 4 is 11.6 Å². The summed E-state index contributed by atoms with van der Waals surface area (Å²) in [6, 6.07) is 0. The van der Waals surface area contributed by atoms with Crippen LogP contribution in [0.5, 0.6) is 0 Å². The van der Waals surface area contributed by atoms with Gasteiger partial charge in [0.15, 0.2) is 0 Å². The molecule has 0 fully saturated rings. The minimum atomic E-state index is 0.482. The van der Waals surface area contributed by atoms with Gasteiger partial charge in [-0.15, -0.1) is 11.6 Å². The van der Waals surface area contributed by atoms with E-state index in [1.54, 1.807) is 0 Å². The first-order chi connectivity index (χ1) is 5.61. The molecule has 3 heteroatoms. The molecule has 0 amide bonds. The standard InChI is InChI=1S/C9H17ClN2/c1-7(2)4-5-9(12-11)8(3)6-10/h7,11H,4-6H2,1-3H3. The van der Waals surface area contributed by atoms with E-state index in [0.29, 0.717) is 11.8 Å². The van der Waals surface area contributed by atoms with E-state index in [2.05, 4.69) is 19.0 Å². The summed E-state index contributed by atoms with van der Waals surface area (Å²) in [4.78, 5) is 0. The molecular formula is C9H17ClN2. The lowest BCUT2D eigenvalue weighted by molar-refractivity contribution is 0.578. The number of hydrogen-bond acceptors (Lipinski definition) is 2. The molecule has 1 N–H and O–H groups in total. The molecule has 0 radical (unpaired) electrons. The lowest BCUT2D eigenvalue weighted by Gasteiger charge is -2.05. The van der Waals surface area contributed by atoms with Gasteiger partial charge in [0.1, 0.15) is 0 Å². The normalized spacial score (nSPS) is 13.1. The second-order valence-electron chi connectivity index (χ2n) is 3.40. The molecule has 0 aromatic carbocycles. The molecule has 0 aromatic rings. The summed E-state index contributed by atoms with van der Waals surface area (Å²) < 4.78 is 0. The number of alkyl halides is 1. The van der Waals surface area contributed by atoms with E-state index < -0.39 is 0 Å². The third-order valence-corrected chi connectivity index (χ3v) is 2.19. The number of allylic oxidation sites excluding steroid dienone is 2. The van der Waals surface area contributed by atoms with Crippen LogP contribution in [0.4, 0.5) is 0 Å². The van der Waals surface area contributed by atoms with Crippen molar-refractivity contribution in [2.24, 2.45) is 11.0 Å². The minimum Gasteiger partial charge on any atom is -0.205 e. The first-order valence-corrected chi connectivity index (χ1v) is 4.77. The highest BCUT2D eigenvalue weighted by Crippen LogP contribution is 2.16. The molecule has 0 aromatic heterocycles. The Balaban J connectivity index is 4.08. The van der Waals surface area contributed by atoms with Crippen molar-refractivity contribution in [1.82, 2.24) is 0 Å². The van der Waals surface area contributed by atoms with Gasteiger partial charge in [0, 0.05) is 5.88 Å². The summed E-state index contributed by atoms with van der Waals surface area (Å²) in [7, 11) is 0. The van der Waals surface area contributed by atoms with E-state index in [-0.39, 0.29) is 0 Å². The first kappa shape index (κ1) is 11.6. The molecule has 0 heterocycles. The van der Waals surface area contributed by atoms with Crippen molar-refractivity contribution in [2.75, 3.05) is 5.88 Å². The van der Waals surface area contributed by atoms with Crippen molar-refractivity contribution in [3.8, 4) is 0 Å². The van der Waals surface area contributed by atoms with Gasteiger partial charge in [-0.25, -0.2) is 5.53 Å². The Labute approximate surface area is 79.5 Å². The molecule has 0 spiro atoms. The fourth-order valence-corrected chi connectivity index (χ4v) is 1.02. The molecule has 70 valence electrons. The zero-order valence-electron chi connectivity index (χ0n) is 8.02. The molecule has 0 bridgehead atoms. The van der Waals surface area contributed by atoms with E-state index in [1.165, 1.54) is 0 Å². The Kier molecular flexibility index (Phi) is 5.99. The Morgan fingerprint density at radius 1 is 1.50 bits per heavy atom. The van der Waals surface area contributed by atoms with Crippen LogP contribution in [0.15, 0.2) is 16.4 Å². The second-order valence-corrected chi connectivity index (χ2v) is 3.67. The van der Waals surface area contributed by atoms with E-state index in [4.69, 9.17) is 17.1 Å². The highest BCUT2D eigenvalue weighted by Gasteiger charge is 2.02. The van der Waals surface area contributed by atoms with Crippen LogP contribution in [-0.4, -0.2) is 5.88 Å². The topological polar surface area (TPSA) is 36.2 Å². The zero-order chi connectivity index (χ0) is 9.56. The van der Waals surface area contributed by atoms with Crippen LogP contribution in [-0.2, 0) is 0 Å². The van der Waals surface area contributed by atoms with Gasteiger partial charge in [0.05, 0.1) is 5.70 Å². The predicted molar refractivity (Wildman–Crippen MR) is 52.6 cm³/mol. The fraction of sp³-hybridized carbons (Fsp3) is 0.778. The average molecular weight is 189 g/mol. The van der Waals surface area contributed by atoms with Crippen LogP contribution < -0.4 is 0 Å². The molecule has 0 aliphatic carbocycles. The molecule has 0 saturated heterocycles. The first-order valence-electron chi connectivity index (χ1n) is 4.23. The van der Waals surface area contributed by atoms with E-state index >= 15 is 0 Å². The minimum absolute atomic E-state index is 0.482. The number of rotatable bonds is 5. The molecule has 0 aliphatic rings. The summed E-state index contributed by atoms with van der Waals surface area (Å²) in [5, 5.41) is 3.48. The van der Waals surface area contributed by atoms with Gasteiger partial charge in [0.25, 0.3) is 0 Å². The quantitative estimate of drug-likeness (QED) is 0.501. The lowest BCUT2D eigenvalue weighted by atomic mass is 10.0. The Hall–Kier alpha value is -0.370. The molecule has 0 rings (SSSR count). The predicted octanol–water partition coefficient (Wildman–Crippen LogP) is 3.97. The Bertz CT molecular complexity index is 173. The summed E-state index contributed by atoms with van der Waals surface area (Å²) in [6.45, 7) is 6.26. The van der Waals surface area contributed by atoms with Crippen molar-refractivity contribution in [3.63, 3.8) is 0 Å². The van der Waals surface area contributed by atoms with Crippen molar-refractivity contribution in [1.29, 1.82) is 5.53 Å². The molecule has 0 saturated carbocycles. The van der Waals surface area contributed by atoms with Gasteiger partial charge >= 0.3 is 0 Å². The molecular weight excluding hydrogens is 172 g/mol. The van der Waals surface area contributed by atoms with Crippen LogP contribution in [0.1, 0.15) is 33.6 Å². The lowest BCUT2D eigenvalue weighted by Crippen LogP contribution is -1.92. The molecule has 0 atom stereocenters. The van der Waals surface area contributed by atoms with Crippen molar-refractivity contribution in [2.45, 2.75) is 33.6 Å². The fourth-order valence-electron chi connectivity index (χ4n) is 0.867. The summed E-state index contributed by atoms with van der Waals surface area (Å²) >= 11 is 5.64. The number of hydrogen-bond donors (Lipinski definition) is 1. The SMILES string of the molecule is CC(CCl)=C(CCC(C)C)N=N. The maximum absolute atomic E-state index is 6.95. The summed E-state index contributed by atoms with van der Waals surface area (Å²) in [5.41, 5.74) is 8.81. The third kappa shape index (κ3) is 4.50. The van der Waals surface area contributed by atoms with E-state index in [1.807, 2.05) is 6.92 Å². The van der Waals surface area contributed by atoms with Gasteiger partial charge in [-0.05, 0) is 31.3 Å².